The van der Waals surface area contributed by atoms with Crippen LogP contribution in [0.2, 0.25) is 5.02 Å². The van der Waals surface area contributed by atoms with Crippen LogP contribution < -0.4 is 15.0 Å². The molecule has 1 aliphatic rings. The number of ether oxygens (including phenoxy) is 1. The van der Waals surface area contributed by atoms with Gasteiger partial charge in [-0.3, -0.25) is 9.59 Å². The second-order valence-electron chi connectivity index (χ2n) is 7.28. The van der Waals surface area contributed by atoms with Crippen molar-refractivity contribution in [1.29, 1.82) is 0 Å². The van der Waals surface area contributed by atoms with Gasteiger partial charge in [0.25, 0.3) is 5.91 Å². The van der Waals surface area contributed by atoms with Crippen LogP contribution in [0, 0.1) is 5.92 Å². The van der Waals surface area contributed by atoms with Crippen LogP contribution in [0.4, 0.5) is 11.4 Å². The van der Waals surface area contributed by atoms with Crippen LogP contribution in [-0.2, 0) is 9.59 Å². The van der Waals surface area contributed by atoms with E-state index >= 15 is 0 Å². The van der Waals surface area contributed by atoms with Gasteiger partial charge in [-0.15, -0.1) is 0 Å². The molecule has 2 aromatic rings. The maximum Gasteiger partial charge on any atom is 0.262 e. The highest BCUT2D eigenvalue weighted by molar-refractivity contribution is 6.33. The molecule has 0 bridgehead atoms. The van der Waals surface area contributed by atoms with Gasteiger partial charge in [0.2, 0.25) is 5.91 Å². The van der Waals surface area contributed by atoms with Crippen molar-refractivity contribution in [3.63, 3.8) is 0 Å². The molecule has 6 nitrogen and oxygen atoms in total. The molecule has 0 aromatic heterocycles. The minimum atomic E-state index is -0.251. The Morgan fingerprint density at radius 3 is 2.38 bits per heavy atom. The highest BCUT2D eigenvalue weighted by atomic mass is 35.5. The predicted molar refractivity (Wildman–Crippen MR) is 116 cm³/mol. The molecule has 0 aliphatic carbocycles. The smallest absolute Gasteiger partial charge is 0.262 e. The maximum absolute atomic E-state index is 12.1. The predicted octanol–water partition coefficient (Wildman–Crippen LogP) is 3.66. The van der Waals surface area contributed by atoms with Crippen LogP contribution in [0.1, 0.15) is 13.8 Å². The van der Waals surface area contributed by atoms with Crippen molar-refractivity contribution in [3.05, 3.63) is 53.6 Å². The molecule has 1 N–H and O–H groups in total. The molecule has 1 saturated heterocycles. The van der Waals surface area contributed by atoms with Crippen molar-refractivity contribution in [1.82, 2.24) is 4.90 Å². The lowest BCUT2D eigenvalue weighted by molar-refractivity contribution is -0.134. The lowest BCUT2D eigenvalue weighted by Gasteiger charge is -2.37. The fourth-order valence-electron chi connectivity index (χ4n) is 3.24. The zero-order valence-electron chi connectivity index (χ0n) is 16.7. The van der Waals surface area contributed by atoms with Gasteiger partial charge in [0.1, 0.15) is 5.75 Å². The third-order valence-electron chi connectivity index (χ3n) is 4.77. The molecule has 29 heavy (non-hydrogen) atoms. The highest BCUT2D eigenvalue weighted by Gasteiger charge is 2.24. The number of halogens is 1. The van der Waals surface area contributed by atoms with Gasteiger partial charge in [-0.2, -0.15) is 0 Å². The molecule has 3 rings (SSSR count). The number of hydrogen-bond acceptors (Lipinski definition) is 4. The molecule has 1 aliphatic heterocycles. The first-order valence-corrected chi connectivity index (χ1v) is 10.1. The quantitative estimate of drug-likeness (QED) is 0.782. The number of carbonyl (C=O) groups excluding carboxylic acids is 2. The third kappa shape index (κ3) is 5.64. The van der Waals surface area contributed by atoms with E-state index in [1.807, 2.05) is 49.1 Å². The average molecular weight is 416 g/mol. The molecule has 7 heteroatoms. The van der Waals surface area contributed by atoms with Crippen molar-refractivity contribution < 1.29 is 14.3 Å². The van der Waals surface area contributed by atoms with E-state index in [1.54, 1.807) is 18.2 Å². The highest BCUT2D eigenvalue weighted by Crippen LogP contribution is 2.30. The number of hydrogen-bond donors (Lipinski definition) is 1. The lowest BCUT2D eigenvalue weighted by atomic mass is 10.1. The number of benzene rings is 2. The van der Waals surface area contributed by atoms with Crippen molar-refractivity contribution in [2.45, 2.75) is 13.8 Å². The maximum atomic E-state index is 12.1. The first kappa shape index (κ1) is 21.0. The summed E-state index contributed by atoms with van der Waals surface area (Å²) in [5.41, 5.74) is 1.52. The number of piperazine rings is 1. The number of nitrogens with one attached hydrogen (secondary N) is 1. The summed E-state index contributed by atoms with van der Waals surface area (Å²) in [5.74, 6) is 0.593. The summed E-state index contributed by atoms with van der Waals surface area (Å²) in [6, 6.07) is 14.7. The average Bonchev–Trinajstić information content (AvgIpc) is 2.73. The molecular formula is C22H26ClN3O3. The third-order valence-corrected chi connectivity index (χ3v) is 5.07. The summed E-state index contributed by atoms with van der Waals surface area (Å²) in [6.45, 7) is 6.59. The summed E-state index contributed by atoms with van der Waals surface area (Å²) in [6.07, 6.45) is 0. The lowest BCUT2D eigenvalue weighted by Crippen LogP contribution is -2.50. The Balaban J connectivity index is 1.53. The minimum absolute atomic E-state index is 0.0129. The summed E-state index contributed by atoms with van der Waals surface area (Å²) in [5, 5.41) is 3.36. The molecule has 0 radical (unpaired) electrons. The second kappa shape index (κ2) is 9.65. The van der Waals surface area contributed by atoms with Gasteiger partial charge in [0, 0.05) is 37.8 Å². The Hall–Kier alpha value is -2.73. The Bertz CT molecular complexity index is 850. The number of anilines is 2. The fourth-order valence-corrected chi connectivity index (χ4v) is 3.54. The Kier molecular flexibility index (Phi) is 6.99. The summed E-state index contributed by atoms with van der Waals surface area (Å²) < 4.78 is 5.45. The molecule has 1 fully saturated rings. The second-order valence-corrected chi connectivity index (χ2v) is 7.69. The number of amides is 2. The fraction of sp³-hybridized carbons (Fsp3) is 0.364. The van der Waals surface area contributed by atoms with Crippen molar-refractivity contribution in [3.8, 4) is 5.75 Å². The first-order chi connectivity index (χ1) is 13.9. The van der Waals surface area contributed by atoms with E-state index in [0.717, 1.165) is 18.8 Å². The van der Waals surface area contributed by atoms with E-state index in [2.05, 4.69) is 10.2 Å². The number of carbonyl (C=O) groups is 2. The van der Waals surface area contributed by atoms with Gasteiger partial charge < -0.3 is 19.9 Å². The number of para-hydroxylation sites is 1. The summed E-state index contributed by atoms with van der Waals surface area (Å²) >= 11 is 6.46. The van der Waals surface area contributed by atoms with Crippen LogP contribution >= 0.6 is 11.6 Å². The Morgan fingerprint density at radius 1 is 1.07 bits per heavy atom. The van der Waals surface area contributed by atoms with Crippen LogP contribution in [0.5, 0.6) is 5.75 Å². The zero-order chi connectivity index (χ0) is 20.8. The van der Waals surface area contributed by atoms with Gasteiger partial charge >= 0.3 is 0 Å². The van der Waals surface area contributed by atoms with Gasteiger partial charge in [-0.1, -0.05) is 43.6 Å². The summed E-state index contributed by atoms with van der Waals surface area (Å²) in [4.78, 5) is 28.3. The monoisotopic (exact) mass is 415 g/mol. The van der Waals surface area contributed by atoms with E-state index in [-0.39, 0.29) is 24.3 Å². The van der Waals surface area contributed by atoms with Crippen LogP contribution in [-0.4, -0.2) is 49.5 Å². The topological polar surface area (TPSA) is 61.9 Å². The number of nitrogens with zero attached hydrogens (tertiary/aromatic N) is 2. The van der Waals surface area contributed by atoms with Crippen LogP contribution in [0.25, 0.3) is 0 Å². The molecule has 1 heterocycles. The molecule has 2 amide bonds. The number of rotatable bonds is 6. The molecular weight excluding hydrogens is 390 g/mol. The molecule has 154 valence electrons. The molecule has 0 spiro atoms. The van der Waals surface area contributed by atoms with Crippen molar-refractivity contribution in [2.24, 2.45) is 5.92 Å². The first-order valence-electron chi connectivity index (χ1n) is 9.75. The van der Waals surface area contributed by atoms with E-state index in [1.165, 1.54) is 0 Å². The standard InChI is InChI=1S/C22H26ClN3O3/c1-16(2)22(28)26-12-10-25(11-13-26)20-9-8-17(14-19(20)23)24-21(27)15-29-18-6-4-3-5-7-18/h3-9,14,16H,10-13,15H2,1-2H3,(H,24,27). The van der Waals surface area contributed by atoms with Crippen molar-refractivity contribution >= 4 is 34.8 Å². The van der Waals surface area contributed by atoms with E-state index < -0.39 is 0 Å². The molecule has 0 unspecified atom stereocenters. The van der Waals surface area contributed by atoms with E-state index in [0.29, 0.717) is 29.5 Å². The molecule has 2 aromatic carbocycles. The Morgan fingerprint density at radius 2 is 1.76 bits per heavy atom. The Labute approximate surface area is 176 Å². The van der Waals surface area contributed by atoms with Crippen LogP contribution in [0.15, 0.2) is 48.5 Å². The molecule has 0 saturated carbocycles. The van der Waals surface area contributed by atoms with Gasteiger partial charge in [-0.05, 0) is 30.3 Å². The van der Waals surface area contributed by atoms with E-state index in [4.69, 9.17) is 16.3 Å². The zero-order valence-corrected chi connectivity index (χ0v) is 17.5. The van der Waals surface area contributed by atoms with E-state index in [9.17, 15) is 9.59 Å². The van der Waals surface area contributed by atoms with Crippen molar-refractivity contribution in [2.75, 3.05) is 43.0 Å². The SMILES string of the molecule is CC(C)C(=O)N1CCN(c2ccc(NC(=O)COc3ccccc3)cc2Cl)CC1. The van der Waals surface area contributed by atoms with Gasteiger partial charge in [0.15, 0.2) is 6.61 Å². The molecule has 0 atom stereocenters. The van der Waals surface area contributed by atoms with Gasteiger partial charge in [-0.25, -0.2) is 0 Å². The minimum Gasteiger partial charge on any atom is -0.484 e. The summed E-state index contributed by atoms with van der Waals surface area (Å²) in [7, 11) is 0. The normalized spacial score (nSPS) is 14.1. The largest absolute Gasteiger partial charge is 0.484 e. The van der Waals surface area contributed by atoms with Gasteiger partial charge in [0.05, 0.1) is 10.7 Å². The van der Waals surface area contributed by atoms with Crippen LogP contribution in [0.3, 0.4) is 0 Å².